The van der Waals surface area contributed by atoms with Crippen molar-refractivity contribution in [3.8, 4) is 0 Å². The molecule has 2 aliphatic rings. The topological polar surface area (TPSA) is 0 Å². The summed E-state index contributed by atoms with van der Waals surface area (Å²) in [4.78, 5) is 0. The molecule has 0 aliphatic heterocycles. The minimum absolute atomic E-state index is 0.0108. The predicted octanol–water partition coefficient (Wildman–Crippen LogP) is 11.1. The molecule has 6 heteroatoms. The summed E-state index contributed by atoms with van der Waals surface area (Å²) in [6, 6.07) is 34.4. The zero-order valence-electron chi connectivity index (χ0n) is 21.1. The molecule has 6 rings (SSSR count). The third kappa shape index (κ3) is 4.13. The first-order chi connectivity index (χ1) is 18.2. The van der Waals surface area contributed by atoms with Gasteiger partial charge in [-0.15, -0.1) is 0 Å². The molecule has 0 spiro atoms. The molecule has 0 N–H and O–H groups in total. The van der Waals surface area contributed by atoms with E-state index < -0.39 is 21.5 Å². The molecule has 2 unspecified atom stereocenters. The molecule has 0 aromatic heterocycles. The van der Waals surface area contributed by atoms with Gasteiger partial charge in [-0.1, -0.05) is 0 Å². The van der Waals surface area contributed by atoms with Crippen LogP contribution in [0, 0.1) is 0 Å². The average Bonchev–Trinajstić information content (AvgIpc) is 3.52. The van der Waals surface area contributed by atoms with Gasteiger partial charge >= 0.3 is 253 Å². The van der Waals surface area contributed by atoms with Crippen molar-refractivity contribution in [1.82, 2.24) is 0 Å². The molecule has 0 nitrogen and oxygen atoms in total. The Bertz CT molecular complexity index is 1500. The monoisotopic (exact) mass is 757 g/mol. The standard InChI is InChI=1S/2C15H10Br.C2H7Si.2ClH.Zr/c2*16-15-8-4-7-12-9-13(10-14(12)15)11-5-2-1-3-6-11;1-3-2;;;/h2*1-10H;3H,1-2H3;2*1H;/q;;;;;+2/p-2. The van der Waals surface area contributed by atoms with E-state index in [1.807, 2.05) is 0 Å². The van der Waals surface area contributed by atoms with Crippen LogP contribution in [0.5, 0.6) is 0 Å². The number of hydrogen-bond acceptors (Lipinski definition) is 0. The summed E-state index contributed by atoms with van der Waals surface area (Å²) in [5, 5.41) is 0. The van der Waals surface area contributed by atoms with Crippen LogP contribution < -0.4 is 0 Å². The average molecular weight is 762 g/mol. The molecule has 2 aliphatic carbocycles. The Morgan fingerprint density at radius 2 is 0.974 bits per heavy atom. The third-order valence-electron chi connectivity index (χ3n) is 8.44. The number of rotatable bonds is 5. The summed E-state index contributed by atoms with van der Waals surface area (Å²) in [5.41, 5.74) is 9.90. The normalized spacial score (nSPS) is 19.4. The van der Waals surface area contributed by atoms with Crippen LogP contribution in [0.2, 0.25) is 13.1 Å². The number of benzene rings is 4. The summed E-state index contributed by atoms with van der Waals surface area (Å²) in [6.45, 7) is 4.78. The Balaban J connectivity index is 1.68. The molecule has 4 aromatic rings. The molecule has 0 saturated heterocycles. The second-order valence-electron chi connectivity index (χ2n) is 10.7. The van der Waals surface area contributed by atoms with Gasteiger partial charge in [0, 0.05) is 0 Å². The quantitative estimate of drug-likeness (QED) is 0.178. The zero-order chi connectivity index (χ0) is 26.7. The summed E-state index contributed by atoms with van der Waals surface area (Å²) >= 11 is 2.81. The van der Waals surface area contributed by atoms with Crippen LogP contribution in [0.1, 0.15) is 40.6 Å². The van der Waals surface area contributed by atoms with Crippen LogP contribution in [0.15, 0.2) is 106 Å². The molecular weight excluding hydrogens is 734 g/mol. The van der Waals surface area contributed by atoms with Gasteiger partial charge in [0.05, 0.1) is 0 Å². The SMILES string of the molecule is C[SiH](C)[Zr]([Cl])([Cl])([CH]1C(c2ccccc2)=Cc2c(Br)cccc21)[CH]1C(c2ccccc2)=Cc2c(Br)cccc21. The molecule has 4 aromatic carbocycles. The molecule has 38 heavy (non-hydrogen) atoms. The van der Waals surface area contributed by atoms with Crippen LogP contribution in [-0.4, -0.2) is 5.92 Å². The second kappa shape index (κ2) is 10.1. The van der Waals surface area contributed by atoms with Crippen molar-refractivity contribution >= 4 is 78.1 Å². The number of halogens is 4. The van der Waals surface area contributed by atoms with Gasteiger partial charge in [-0.3, -0.25) is 0 Å². The van der Waals surface area contributed by atoms with Crippen LogP contribution in [0.4, 0.5) is 0 Å². The summed E-state index contributed by atoms with van der Waals surface area (Å²) < 4.78 is 2.16. The fourth-order valence-electron chi connectivity index (χ4n) is 6.51. The maximum atomic E-state index is 8.52. The van der Waals surface area contributed by atoms with E-state index in [0.29, 0.717) is 0 Å². The van der Waals surface area contributed by atoms with Gasteiger partial charge in [-0.2, -0.15) is 0 Å². The van der Waals surface area contributed by atoms with Gasteiger partial charge in [0.25, 0.3) is 0 Å². The van der Waals surface area contributed by atoms with Gasteiger partial charge in [-0.25, -0.2) is 0 Å². The van der Waals surface area contributed by atoms with E-state index in [4.69, 9.17) is 17.0 Å². The second-order valence-corrected chi connectivity index (χ2v) is 54.9. The first kappa shape index (κ1) is 27.2. The molecular formula is C32H27Br2Cl2SiZr. The molecule has 0 fully saturated rings. The van der Waals surface area contributed by atoms with Gasteiger partial charge in [-0.05, 0) is 0 Å². The fraction of sp³-hybridized carbons (Fsp3) is 0.125. The number of allylic oxidation sites excluding steroid dienone is 2. The van der Waals surface area contributed by atoms with Gasteiger partial charge in [0.1, 0.15) is 0 Å². The van der Waals surface area contributed by atoms with Crippen molar-refractivity contribution in [3.63, 3.8) is 0 Å². The molecule has 0 heterocycles. The van der Waals surface area contributed by atoms with Crippen LogP contribution in [0.25, 0.3) is 23.3 Å². The Labute approximate surface area is 250 Å². The Morgan fingerprint density at radius 1 is 0.579 bits per heavy atom. The molecule has 0 radical (unpaired) electrons. The molecule has 0 amide bonds. The van der Waals surface area contributed by atoms with Crippen molar-refractivity contribution in [3.05, 3.63) is 139 Å². The molecule has 0 saturated carbocycles. The van der Waals surface area contributed by atoms with Crippen molar-refractivity contribution in [2.24, 2.45) is 0 Å². The molecule has 2 atom stereocenters. The Hall–Kier alpha value is -1.000. The fourth-order valence-corrected chi connectivity index (χ4v) is 37.6. The predicted molar refractivity (Wildman–Crippen MR) is 173 cm³/mol. The van der Waals surface area contributed by atoms with Crippen LogP contribution in [-0.2, 0) is 15.6 Å². The number of hydrogen-bond donors (Lipinski definition) is 0. The first-order valence-electron chi connectivity index (χ1n) is 12.9. The minimum atomic E-state index is -4.89. The van der Waals surface area contributed by atoms with Crippen molar-refractivity contribution in [2.45, 2.75) is 20.3 Å². The van der Waals surface area contributed by atoms with E-state index in [2.05, 4.69) is 154 Å². The van der Waals surface area contributed by atoms with Crippen molar-refractivity contribution in [1.29, 1.82) is 0 Å². The summed E-state index contributed by atoms with van der Waals surface area (Å²) in [7, 11) is 17.0. The van der Waals surface area contributed by atoms with Crippen LogP contribution >= 0.6 is 48.9 Å². The van der Waals surface area contributed by atoms with Crippen molar-refractivity contribution in [2.75, 3.05) is 0 Å². The van der Waals surface area contributed by atoms with E-state index in [9.17, 15) is 0 Å². The van der Waals surface area contributed by atoms with Gasteiger partial charge < -0.3 is 0 Å². The maximum absolute atomic E-state index is 8.52. The van der Waals surface area contributed by atoms with E-state index in [1.54, 1.807) is 0 Å². The van der Waals surface area contributed by atoms with Gasteiger partial charge in [0.2, 0.25) is 0 Å². The molecule has 0 bridgehead atoms. The first-order valence-corrected chi connectivity index (χ1v) is 30.8. The van der Waals surface area contributed by atoms with E-state index in [0.717, 1.165) is 8.95 Å². The zero-order valence-corrected chi connectivity index (χ0v) is 29.4. The van der Waals surface area contributed by atoms with Gasteiger partial charge in [0.15, 0.2) is 0 Å². The Morgan fingerprint density at radius 3 is 1.34 bits per heavy atom. The molecule has 191 valence electrons. The summed E-state index contributed by atoms with van der Waals surface area (Å²) in [6.07, 6.45) is 4.69. The van der Waals surface area contributed by atoms with Crippen LogP contribution in [0.3, 0.4) is 0 Å². The van der Waals surface area contributed by atoms with E-state index >= 15 is 0 Å². The Kier molecular flexibility index (Phi) is 7.24. The van der Waals surface area contributed by atoms with E-state index in [1.165, 1.54) is 44.5 Å². The number of fused-ring (bicyclic) bond motifs is 2. The van der Waals surface area contributed by atoms with E-state index in [-0.39, 0.29) is 7.25 Å². The van der Waals surface area contributed by atoms with Crippen molar-refractivity contribution < 1.29 is 15.6 Å². The third-order valence-corrected chi connectivity index (χ3v) is 61.4. The summed E-state index contributed by atoms with van der Waals surface area (Å²) in [5.74, 6) is -1.67.